The summed E-state index contributed by atoms with van der Waals surface area (Å²) < 4.78 is 10.5. The van der Waals surface area contributed by atoms with Gasteiger partial charge in [-0.1, -0.05) is 20.8 Å². The molecule has 0 spiro atoms. The molecule has 2 amide bonds. The topological polar surface area (TPSA) is 108 Å². The van der Waals surface area contributed by atoms with Crippen molar-refractivity contribution < 1.29 is 23.5 Å². The number of hydrogen-bond acceptors (Lipinski definition) is 5. The van der Waals surface area contributed by atoms with Crippen LogP contribution in [0.3, 0.4) is 0 Å². The minimum atomic E-state index is -1.91. The van der Waals surface area contributed by atoms with Crippen molar-refractivity contribution in [3.63, 3.8) is 0 Å². The summed E-state index contributed by atoms with van der Waals surface area (Å²) in [5, 5.41) is 2.50. The lowest BCUT2D eigenvalue weighted by Crippen LogP contribution is -2.47. The molecule has 0 aromatic carbocycles. The average Bonchev–Trinajstić information content (AvgIpc) is 2.33. The van der Waals surface area contributed by atoms with Crippen LogP contribution in [-0.4, -0.2) is 45.4 Å². The van der Waals surface area contributed by atoms with Crippen LogP contribution >= 0.6 is 0 Å². The minimum absolute atomic E-state index is 0.0633. The lowest BCUT2D eigenvalue weighted by molar-refractivity contribution is -0.146. The van der Waals surface area contributed by atoms with Gasteiger partial charge in [0.15, 0.2) is 14.9 Å². The zero-order valence-corrected chi connectivity index (χ0v) is 15.3. The summed E-state index contributed by atoms with van der Waals surface area (Å²) in [4.78, 5) is 33.6. The summed E-state index contributed by atoms with van der Waals surface area (Å²) in [6.45, 7) is 11.7. The van der Waals surface area contributed by atoms with Crippen LogP contribution in [0.15, 0.2) is 0 Å². The van der Waals surface area contributed by atoms with Gasteiger partial charge in [0.1, 0.15) is 6.04 Å². The lowest BCUT2D eigenvalue weighted by atomic mass is 10.2. The van der Waals surface area contributed by atoms with E-state index in [-0.39, 0.29) is 11.5 Å². The molecule has 128 valence electrons. The molecule has 0 aliphatic carbocycles. The second-order valence-corrected chi connectivity index (χ2v) is 11.5. The third-order valence-corrected chi connectivity index (χ3v) is 8.30. The molecular formula is C14H28N2O5Si. The molecule has 0 rings (SSSR count). The number of amides is 2. The van der Waals surface area contributed by atoms with E-state index in [9.17, 15) is 14.4 Å². The Morgan fingerprint density at radius 3 is 2.18 bits per heavy atom. The smallest absolute Gasteiger partial charge is 0.303 e. The molecule has 0 fully saturated rings. The van der Waals surface area contributed by atoms with Crippen molar-refractivity contribution in [2.45, 2.75) is 58.3 Å². The Morgan fingerprint density at radius 1 is 1.23 bits per heavy atom. The van der Waals surface area contributed by atoms with Gasteiger partial charge >= 0.3 is 5.97 Å². The molecule has 22 heavy (non-hydrogen) atoms. The molecule has 0 radical (unpaired) electrons. The molecule has 0 saturated carbocycles. The van der Waals surface area contributed by atoms with Gasteiger partial charge in [0.05, 0.1) is 0 Å². The molecule has 0 bridgehead atoms. The predicted octanol–water partition coefficient (Wildman–Crippen LogP) is 0.931. The molecule has 7 nitrogen and oxygen atoms in total. The zero-order chi connectivity index (χ0) is 17.6. The van der Waals surface area contributed by atoms with Gasteiger partial charge in [-0.2, -0.15) is 0 Å². The number of nitrogens with one attached hydrogen (secondary N) is 1. The Morgan fingerprint density at radius 2 is 1.77 bits per heavy atom. The maximum Gasteiger partial charge on any atom is 0.303 e. The highest BCUT2D eigenvalue weighted by Gasteiger charge is 2.37. The van der Waals surface area contributed by atoms with Gasteiger partial charge in [0.2, 0.25) is 5.91 Å². The van der Waals surface area contributed by atoms with E-state index < -0.39 is 38.7 Å². The number of nitrogens with two attached hydrogens (primary N) is 1. The second kappa shape index (κ2) is 8.28. The van der Waals surface area contributed by atoms with Gasteiger partial charge in [-0.3, -0.25) is 14.4 Å². The summed E-state index contributed by atoms with van der Waals surface area (Å²) in [7, 11) is -1.91. The van der Waals surface area contributed by atoms with Crippen molar-refractivity contribution in [2.75, 3.05) is 13.2 Å². The molecule has 1 atom stereocenters. The molecular weight excluding hydrogens is 304 g/mol. The molecule has 0 aromatic heterocycles. The highest BCUT2D eigenvalue weighted by atomic mass is 28.4. The van der Waals surface area contributed by atoms with Crippen LogP contribution in [-0.2, 0) is 23.5 Å². The minimum Gasteiger partial charge on any atom is -0.456 e. The van der Waals surface area contributed by atoms with E-state index >= 15 is 0 Å². The van der Waals surface area contributed by atoms with E-state index in [0.29, 0.717) is 6.61 Å². The van der Waals surface area contributed by atoms with Crippen molar-refractivity contribution in [1.29, 1.82) is 0 Å². The van der Waals surface area contributed by atoms with Crippen molar-refractivity contribution >= 4 is 26.1 Å². The third kappa shape index (κ3) is 7.55. The number of ether oxygens (including phenoxy) is 1. The fourth-order valence-corrected chi connectivity index (χ4v) is 2.40. The largest absolute Gasteiger partial charge is 0.456 e. The average molecular weight is 332 g/mol. The van der Waals surface area contributed by atoms with Crippen LogP contribution < -0.4 is 11.1 Å². The van der Waals surface area contributed by atoms with Gasteiger partial charge < -0.3 is 20.2 Å². The number of primary amides is 1. The summed E-state index contributed by atoms with van der Waals surface area (Å²) in [6.07, 6.45) is 0.285. The van der Waals surface area contributed by atoms with Crippen LogP contribution in [0.2, 0.25) is 18.1 Å². The van der Waals surface area contributed by atoms with E-state index in [4.69, 9.17) is 10.2 Å². The van der Waals surface area contributed by atoms with Gasteiger partial charge in [0.25, 0.3) is 5.91 Å². The van der Waals surface area contributed by atoms with Crippen LogP contribution in [0.25, 0.3) is 0 Å². The van der Waals surface area contributed by atoms with Crippen LogP contribution in [0.5, 0.6) is 0 Å². The highest BCUT2D eigenvalue weighted by molar-refractivity contribution is 6.74. The Kier molecular flexibility index (Phi) is 7.75. The van der Waals surface area contributed by atoms with Gasteiger partial charge in [-0.15, -0.1) is 0 Å². The number of carbonyl (C=O) groups excluding carboxylic acids is 3. The quantitative estimate of drug-likeness (QED) is 0.508. The van der Waals surface area contributed by atoms with Crippen molar-refractivity contribution in [3.05, 3.63) is 0 Å². The first kappa shape index (κ1) is 20.6. The van der Waals surface area contributed by atoms with E-state index in [1.807, 2.05) is 0 Å². The second-order valence-electron chi connectivity index (χ2n) is 6.70. The molecule has 0 aliphatic heterocycles. The number of hydrogen-bond donors (Lipinski definition) is 2. The van der Waals surface area contributed by atoms with Crippen molar-refractivity contribution in [2.24, 2.45) is 5.73 Å². The third-order valence-electron chi connectivity index (χ3n) is 3.76. The summed E-state index contributed by atoms with van der Waals surface area (Å²) in [5.74, 6) is -1.77. The Balaban J connectivity index is 4.41. The highest BCUT2D eigenvalue weighted by Crippen LogP contribution is 2.36. The molecule has 8 heteroatoms. The van der Waals surface area contributed by atoms with Crippen molar-refractivity contribution in [1.82, 2.24) is 5.32 Å². The number of carbonyl (C=O) groups is 3. The Bertz CT molecular complexity index is 418. The predicted molar refractivity (Wildman–Crippen MR) is 85.5 cm³/mol. The molecule has 3 N–H and O–H groups in total. The van der Waals surface area contributed by atoms with Gasteiger partial charge in [-0.25, -0.2) is 0 Å². The molecule has 0 saturated heterocycles. The maximum absolute atomic E-state index is 11.6. The van der Waals surface area contributed by atoms with E-state index in [1.165, 1.54) is 6.92 Å². The van der Waals surface area contributed by atoms with E-state index in [1.54, 1.807) is 0 Å². The normalized spacial score (nSPS) is 13.4. The van der Waals surface area contributed by atoms with Crippen LogP contribution in [0.1, 0.15) is 34.1 Å². The van der Waals surface area contributed by atoms with Crippen LogP contribution in [0, 0.1) is 0 Å². The van der Waals surface area contributed by atoms with E-state index in [2.05, 4.69) is 43.9 Å². The summed E-state index contributed by atoms with van der Waals surface area (Å²) >= 11 is 0. The molecule has 0 aliphatic rings. The first-order chi connectivity index (χ1) is 9.86. The first-order valence-electron chi connectivity index (χ1n) is 7.23. The lowest BCUT2D eigenvalue weighted by Gasteiger charge is -2.36. The Hall–Kier alpha value is -1.41. The SMILES string of the molecule is CC(=O)OCC(=O)N[C@H](CCO[Si](C)(C)C(C)(C)C)C(N)=O. The monoisotopic (exact) mass is 332 g/mol. The molecule has 0 aromatic rings. The summed E-state index contributed by atoms with van der Waals surface area (Å²) in [6, 6.07) is -0.840. The zero-order valence-electron chi connectivity index (χ0n) is 14.3. The fraction of sp³-hybridized carbons (Fsp3) is 0.786. The van der Waals surface area contributed by atoms with Gasteiger partial charge in [0, 0.05) is 13.5 Å². The summed E-state index contributed by atoms with van der Waals surface area (Å²) in [5.41, 5.74) is 5.27. The number of esters is 1. The Labute approximate surface area is 133 Å². The molecule has 0 unspecified atom stereocenters. The number of rotatable bonds is 8. The van der Waals surface area contributed by atoms with E-state index in [0.717, 1.165) is 0 Å². The van der Waals surface area contributed by atoms with Crippen molar-refractivity contribution in [3.8, 4) is 0 Å². The molecule has 0 heterocycles. The van der Waals surface area contributed by atoms with Crippen LogP contribution in [0.4, 0.5) is 0 Å². The first-order valence-corrected chi connectivity index (χ1v) is 10.1. The standard InChI is InChI=1S/C14H28N2O5Si/c1-10(17)20-9-12(18)16-11(13(15)19)7-8-21-22(5,6)14(2,3)4/h11H,7-9H2,1-6H3,(H2,15,19)(H,16,18)/t11-/m1/s1. The fourth-order valence-electron chi connectivity index (χ4n) is 1.34. The maximum atomic E-state index is 11.6. The van der Waals surface area contributed by atoms with Gasteiger partial charge in [-0.05, 0) is 24.6 Å².